The van der Waals surface area contributed by atoms with E-state index in [-0.39, 0.29) is 24.4 Å². The minimum absolute atomic E-state index is 0.181. The molecular weight excluding hydrogens is 448 g/mol. The monoisotopic (exact) mass is 494 g/mol. The fourth-order valence-electron chi connectivity index (χ4n) is 4.42. The molecule has 2 bridgehead atoms. The van der Waals surface area contributed by atoms with E-state index in [0.717, 1.165) is 0 Å². The lowest BCUT2D eigenvalue weighted by Crippen LogP contribution is -2.69. The van der Waals surface area contributed by atoms with E-state index in [1.165, 1.54) is 0 Å². The van der Waals surface area contributed by atoms with Gasteiger partial charge in [0.1, 0.15) is 22.7 Å². The molecule has 2 atom stereocenters. The number of hydrogen-bond acceptors (Lipinski definition) is 7. The van der Waals surface area contributed by atoms with Crippen LogP contribution in [0.2, 0.25) is 0 Å². The third-order valence-electron chi connectivity index (χ3n) is 6.19. The Bertz CT molecular complexity index is 852. The van der Waals surface area contributed by atoms with Crippen molar-refractivity contribution in [2.45, 2.75) is 109 Å². The molecule has 2 rings (SSSR count). The predicted molar refractivity (Wildman–Crippen MR) is 134 cm³/mol. The molecule has 2 heterocycles. The summed E-state index contributed by atoms with van der Waals surface area (Å²) in [7, 11) is 0. The van der Waals surface area contributed by atoms with Crippen LogP contribution in [0, 0.1) is 21.7 Å². The summed E-state index contributed by atoms with van der Waals surface area (Å²) in [5.41, 5.74) is -2.43. The molecule has 0 aromatic carbocycles. The van der Waals surface area contributed by atoms with Gasteiger partial charge in [0.25, 0.3) is 11.6 Å². The van der Waals surface area contributed by atoms with Crippen molar-refractivity contribution in [3.05, 3.63) is 22.7 Å². The van der Waals surface area contributed by atoms with Crippen LogP contribution in [0.25, 0.3) is 0 Å². The van der Waals surface area contributed by atoms with Gasteiger partial charge < -0.3 is 18.9 Å². The first-order chi connectivity index (χ1) is 15.6. The molecule has 7 nitrogen and oxygen atoms in total. The number of esters is 2. The summed E-state index contributed by atoms with van der Waals surface area (Å²) in [6.45, 7) is 27.3. The van der Waals surface area contributed by atoms with Crippen LogP contribution in [-0.4, -0.2) is 36.7 Å². The zero-order valence-electron chi connectivity index (χ0n) is 24.3. The molecule has 0 amide bonds. The number of fused-ring (bicyclic) bond motifs is 2. The van der Waals surface area contributed by atoms with Crippen molar-refractivity contribution >= 4 is 11.9 Å². The van der Waals surface area contributed by atoms with Gasteiger partial charge in [-0.15, -0.1) is 0 Å². The van der Waals surface area contributed by atoms with Gasteiger partial charge >= 0.3 is 11.9 Å². The average molecular weight is 495 g/mol. The highest BCUT2D eigenvalue weighted by atomic mass is 16.8. The molecule has 0 aromatic rings. The molecule has 0 aromatic heterocycles. The predicted octanol–water partition coefficient (Wildman–Crippen LogP) is 6.27. The molecule has 0 N–H and O–H groups in total. The summed E-state index contributed by atoms with van der Waals surface area (Å²) < 4.78 is 31.5. The molecule has 35 heavy (non-hydrogen) atoms. The van der Waals surface area contributed by atoms with Crippen LogP contribution < -0.4 is 0 Å². The lowest BCUT2D eigenvalue weighted by atomic mass is 9.69. The molecule has 0 unspecified atom stereocenters. The molecule has 0 saturated carbocycles. The molecule has 0 radical (unpaired) electrons. The Morgan fingerprint density at radius 1 is 0.629 bits per heavy atom. The first-order valence-electron chi connectivity index (χ1n) is 12.5. The lowest BCUT2D eigenvalue weighted by Gasteiger charge is -2.61. The first kappa shape index (κ1) is 29.2. The van der Waals surface area contributed by atoms with E-state index in [0.29, 0.717) is 11.5 Å². The van der Waals surface area contributed by atoms with Gasteiger partial charge in [0, 0.05) is 21.7 Å². The van der Waals surface area contributed by atoms with Gasteiger partial charge in [-0.3, -0.25) is 4.74 Å². The maximum absolute atomic E-state index is 13.6. The van der Waals surface area contributed by atoms with E-state index < -0.39 is 45.2 Å². The Hall–Kier alpha value is -2.02. The first-order valence-corrected chi connectivity index (χ1v) is 12.5. The quantitative estimate of drug-likeness (QED) is 0.426. The fraction of sp³-hybridized carbons (Fsp3) is 0.786. The number of carbonyl (C=O) groups is 2. The molecule has 0 fully saturated rings. The smallest absolute Gasteiger partial charge is 0.344 e. The third-order valence-corrected chi connectivity index (χ3v) is 6.19. The van der Waals surface area contributed by atoms with E-state index in [1.54, 1.807) is 13.8 Å². The SMILES string of the molecule is CCOC(=O)C1=C(C(C)(C)C)O[C@@]2(C(C)(C)C)O[C@@]1(C(C)(C)C)OC(C(C)(C)C)=C2C(=O)OCC. The van der Waals surface area contributed by atoms with Crippen molar-refractivity contribution in [2.24, 2.45) is 21.7 Å². The van der Waals surface area contributed by atoms with Crippen LogP contribution in [0.5, 0.6) is 0 Å². The Labute approximate surface area is 211 Å². The van der Waals surface area contributed by atoms with Gasteiger partial charge in [0.2, 0.25) is 0 Å². The molecular formula is C28H46O7. The molecule has 200 valence electrons. The third kappa shape index (κ3) is 4.73. The standard InChI is InChI=1S/C28H46O7/c1-15-31-21(29)17-19(23(3,4)5)33-28(26(12,13)14)18(22(30)32-16-2)20(24(6,7)8)34-27(17,35-28)25(9,10)11/h15-16H2,1-14H3/t27-,28+. The zero-order valence-corrected chi connectivity index (χ0v) is 24.3. The summed E-state index contributed by atoms with van der Waals surface area (Å²) in [5, 5.41) is 0. The van der Waals surface area contributed by atoms with Crippen molar-refractivity contribution in [3.63, 3.8) is 0 Å². The number of ether oxygens (including phenoxy) is 5. The van der Waals surface area contributed by atoms with Gasteiger partial charge in [-0.1, -0.05) is 83.1 Å². The second kappa shape index (κ2) is 8.82. The number of hydrogen-bond donors (Lipinski definition) is 0. The number of allylic oxidation sites excluding steroid dienone is 2. The summed E-state index contributed by atoms with van der Waals surface area (Å²) in [6.07, 6.45) is 0. The van der Waals surface area contributed by atoms with E-state index in [1.807, 2.05) is 83.1 Å². The highest BCUT2D eigenvalue weighted by molar-refractivity contribution is 5.94. The zero-order chi connectivity index (χ0) is 27.4. The van der Waals surface area contributed by atoms with Gasteiger partial charge in [-0.2, -0.15) is 0 Å². The van der Waals surface area contributed by atoms with Crippen LogP contribution in [0.1, 0.15) is 96.9 Å². The summed E-state index contributed by atoms with van der Waals surface area (Å²) in [6, 6.07) is 0. The van der Waals surface area contributed by atoms with Gasteiger partial charge in [0.05, 0.1) is 13.2 Å². The minimum atomic E-state index is -1.59. The van der Waals surface area contributed by atoms with E-state index in [4.69, 9.17) is 23.7 Å². The van der Waals surface area contributed by atoms with Crippen molar-refractivity contribution in [1.82, 2.24) is 0 Å². The highest BCUT2D eigenvalue weighted by Crippen LogP contribution is 2.63. The van der Waals surface area contributed by atoms with Crippen LogP contribution in [0.15, 0.2) is 22.7 Å². The molecule has 0 saturated heterocycles. The topological polar surface area (TPSA) is 80.3 Å². The maximum Gasteiger partial charge on any atom is 0.344 e. The largest absolute Gasteiger partial charge is 0.462 e. The van der Waals surface area contributed by atoms with E-state index in [9.17, 15) is 9.59 Å². The normalized spacial score (nSPS) is 25.7. The number of carbonyl (C=O) groups excluding carboxylic acids is 2. The van der Waals surface area contributed by atoms with E-state index in [2.05, 4.69) is 0 Å². The lowest BCUT2D eigenvalue weighted by molar-refractivity contribution is -0.404. The van der Waals surface area contributed by atoms with Crippen molar-refractivity contribution < 1.29 is 33.3 Å². The van der Waals surface area contributed by atoms with Gasteiger partial charge in [-0.05, 0) is 13.8 Å². The molecule has 2 aliphatic rings. The van der Waals surface area contributed by atoms with Gasteiger partial charge in [0.15, 0.2) is 0 Å². The molecule has 0 spiro atoms. The Morgan fingerprint density at radius 2 is 0.914 bits per heavy atom. The molecule has 0 aliphatic carbocycles. The average Bonchev–Trinajstić information content (AvgIpc) is 2.64. The fourth-order valence-corrected chi connectivity index (χ4v) is 4.42. The number of rotatable bonds is 4. The van der Waals surface area contributed by atoms with Crippen molar-refractivity contribution in [2.75, 3.05) is 13.2 Å². The van der Waals surface area contributed by atoms with E-state index >= 15 is 0 Å². The van der Waals surface area contributed by atoms with Gasteiger partial charge in [-0.25, -0.2) is 9.59 Å². The maximum atomic E-state index is 13.6. The minimum Gasteiger partial charge on any atom is -0.462 e. The molecule has 2 aliphatic heterocycles. The van der Waals surface area contributed by atoms with Crippen LogP contribution in [-0.2, 0) is 33.3 Å². The summed E-state index contributed by atoms with van der Waals surface area (Å²) in [5.74, 6) is -3.56. The van der Waals surface area contributed by atoms with Crippen molar-refractivity contribution in [3.8, 4) is 0 Å². The second-order valence-electron chi connectivity index (χ2n) is 13.4. The summed E-state index contributed by atoms with van der Waals surface area (Å²) in [4.78, 5) is 27.2. The Balaban J connectivity index is 3.20. The van der Waals surface area contributed by atoms with Crippen LogP contribution in [0.3, 0.4) is 0 Å². The van der Waals surface area contributed by atoms with Crippen molar-refractivity contribution in [1.29, 1.82) is 0 Å². The van der Waals surface area contributed by atoms with Crippen LogP contribution >= 0.6 is 0 Å². The molecule has 7 heteroatoms. The van der Waals surface area contributed by atoms with Crippen LogP contribution in [0.4, 0.5) is 0 Å². The highest BCUT2D eigenvalue weighted by Gasteiger charge is 2.72. The Kier molecular flexibility index (Phi) is 7.36. The summed E-state index contributed by atoms with van der Waals surface area (Å²) >= 11 is 0. The second-order valence-corrected chi connectivity index (χ2v) is 13.4. The Morgan fingerprint density at radius 3 is 1.11 bits per heavy atom.